The number of fused-ring (bicyclic) bond motifs is 2. The molecule has 0 atom stereocenters. The van der Waals surface area contributed by atoms with Crippen molar-refractivity contribution in [3.8, 4) is 11.5 Å². The summed E-state index contributed by atoms with van der Waals surface area (Å²) in [4.78, 5) is 8.92. The third kappa shape index (κ3) is 4.92. The van der Waals surface area contributed by atoms with Gasteiger partial charge in [-0.2, -0.15) is 0 Å². The first kappa shape index (κ1) is 21.2. The lowest BCUT2D eigenvalue weighted by molar-refractivity contribution is 0.174. The number of nitrogens with zero attached hydrogens (tertiary/aromatic N) is 3. The number of hydrogen-bond donors (Lipinski definition) is 2. The number of aromatic nitrogens is 2. The molecule has 8 heteroatoms. The van der Waals surface area contributed by atoms with Gasteiger partial charge in [-0.05, 0) is 43.2 Å². The molecule has 0 aliphatic carbocycles. The van der Waals surface area contributed by atoms with Crippen molar-refractivity contribution in [1.82, 2.24) is 20.2 Å². The van der Waals surface area contributed by atoms with Gasteiger partial charge in [0.05, 0.1) is 11.0 Å². The highest BCUT2D eigenvalue weighted by Crippen LogP contribution is 2.32. The Morgan fingerprint density at radius 3 is 2.83 bits per heavy atom. The maximum atomic E-state index is 5.42. The largest absolute Gasteiger partial charge is 0.454 e. The maximum Gasteiger partial charge on any atom is 0.231 e. The van der Waals surface area contributed by atoms with Crippen LogP contribution in [0.3, 0.4) is 0 Å². The van der Waals surface area contributed by atoms with E-state index in [4.69, 9.17) is 9.47 Å². The van der Waals surface area contributed by atoms with Crippen molar-refractivity contribution in [3.05, 3.63) is 53.9 Å². The lowest BCUT2D eigenvalue weighted by Gasteiger charge is -2.13. The molecular weight excluding hydrogens is 481 g/mol. The number of hydrogen-bond acceptors (Lipinski definition) is 4. The third-order valence-electron chi connectivity index (χ3n) is 4.82. The van der Waals surface area contributed by atoms with Gasteiger partial charge in [0.2, 0.25) is 6.79 Å². The van der Waals surface area contributed by atoms with E-state index in [1.807, 2.05) is 24.3 Å². The van der Waals surface area contributed by atoms with Crippen molar-refractivity contribution in [2.45, 2.75) is 26.4 Å². The Morgan fingerprint density at radius 2 is 1.97 bits per heavy atom. The lowest BCUT2D eigenvalue weighted by Crippen LogP contribution is -2.37. The van der Waals surface area contributed by atoms with Crippen LogP contribution in [0.25, 0.3) is 11.0 Å². The highest BCUT2D eigenvalue weighted by Gasteiger charge is 2.13. The molecule has 3 aromatic rings. The van der Waals surface area contributed by atoms with Gasteiger partial charge in [0.25, 0.3) is 0 Å². The minimum Gasteiger partial charge on any atom is -0.454 e. The SMILES string of the molecule is CN=C(NCCCn1c(C)nc2ccccc21)NCc1ccc2c(c1)OCO2.I. The van der Waals surface area contributed by atoms with Gasteiger partial charge >= 0.3 is 0 Å². The molecule has 0 fully saturated rings. The van der Waals surface area contributed by atoms with Crippen LogP contribution >= 0.6 is 24.0 Å². The van der Waals surface area contributed by atoms with Crippen LogP contribution in [-0.2, 0) is 13.1 Å². The second kappa shape index (κ2) is 9.82. The number of imidazole rings is 1. The molecule has 154 valence electrons. The van der Waals surface area contributed by atoms with Crippen LogP contribution in [0, 0.1) is 6.92 Å². The number of aryl methyl sites for hydroxylation is 2. The van der Waals surface area contributed by atoms with Gasteiger partial charge < -0.3 is 24.7 Å². The van der Waals surface area contributed by atoms with Crippen molar-refractivity contribution < 1.29 is 9.47 Å². The van der Waals surface area contributed by atoms with E-state index < -0.39 is 0 Å². The summed E-state index contributed by atoms with van der Waals surface area (Å²) >= 11 is 0. The van der Waals surface area contributed by atoms with Gasteiger partial charge in [0, 0.05) is 26.7 Å². The van der Waals surface area contributed by atoms with Crippen LogP contribution in [0.5, 0.6) is 11.5 Å². The Hall–Kier alpha value is -2.49. The number of guanidine groups is 1. The van der Waals surface area contributed by atoms with Crippen molar-refractivity contribution in [2.24, 2.45) is 4.99 Å². The minimum atomic E-state index is 0. The summed E-state index contributed by atoms with van der Waals surface area (Å²) in [6.07, 6.45) is 0.978. The average molecular weight is 507 g/mol. The molecule has 0 saturated heterocycles. The highest BCUT2D eigenvalue weighted by molar-refractivity contribution is 14.0. The summed E-state index contributed by atoms with van der Waals surface area (Å²) < 4.78 is 13.0. The molecule has 0 spiro atoms. The molecule has 2 N–H and O–H groups in total. The zero-order valence-electron chi connectivity index (χ0n) is 16.6. The fourth-order valence-electron chi connectivity index (χ4n) is 3.38. The van der Waals surface area contributed by atoms with Gasteiger partial charge in [-0.25, -0.2) is 4.98 Å². The number of nitrogens with one attached hydrogen (secondary N) is 2. The smallest absolute Gasteiger partial charge is 0.231 e. The van der Waals surface area contributed by atoms with Gasteiger partial charge in [0.1, 0.15) is 5.82 Å². The molecule has 0 radical (unpaired) electrons. The van der Waals surface area contributed by atoms with Gasteiger partial charge in [-0.1, -0.05) is 18.2 Å². The topological polar surface area (TPSA) is 72.7 Å². The fraction of sp³-hybridized carbons (Fsp3) is 0.333. The molecular formula is C21H26IN5O2. The van der Waals surface area contributed by atoms with Gasteiger partial charge in [-0.15, -0.1) is 24.0 Å². The maximum absolute atomic E-state index is 5.42. The Balaban J connectivity index is 0.00000240. The predicted octanol–water partition coefficient (Wildman–Crippen LogP) is 3.45. The van der Waals surface area contributed by atoms with Crippen LogP contribution < -0.4 is 20.1 Å². The first-order chi connectivity index (χ1) is 13.7. The van der Waals surface area contributed by atoms with E-state index in [2.05, 4.69) is 50.3 Å². The van der Waals surface area contributed by atoms with E-state index in [0.717, 1.165) is 53.9 Å². The number of aliphatic imine (C=N–C) groups is 1. The lowest BCUT2D eigenvalue weighted by atomic mass is 10.2. The molecule has 1 aromatic heterocycles. The van der Waals surface area contributed by atoms with Crippen LogP contribution in [-0.4, -0.2) is 35.9 Å². The molecule has 0 amide bonds. The van der Waals surface area contributed by atoms with Crippen molar-refractivity contribution in [2.75, 3.05) is 20.4 Å². The summed E-state index contributed by atoms with van der Waals surface area (Å²) in [6.45, 7) is 4.76. The highest BCUT2D eigenvalue weighted by atomic mass is 127. The average Bonchev–Trinajstić information content (AvgIpc) is 3.30. The van der Waals surface area contributed by atoms with Crippen LogP contribution in [0.4, 0.5) is 0 Å². The molecule has 2 heterocycles. The van der Waals surface area contributed by atoms with E-state index in [1.54, 1.807) is 7.05 Å². The zero-order chi connectivity index (χ0) is 19.3. The normalized spacial score (nSPS) is 12.7. The van der Waals surface area contributed by atoms with E-state index in [1.165, 1.54) is 5.52 Å². The fourth-order valence-corrected chi connectivity index (χ4v) is 3.38. The second-order valence-electron chi connectivity index (χ2n) is 6.69. The van der Waals surface area contributed by atoms with E-state index in [-0.39, 0.29) is 24.0 Å². The van der Waals surface area contributed by atoms with Gasteiger partial charge in [-0.3, -0.25) is 4.99 Å². The quantitative estimate of drug-likeness (QED) is 0.232. The Labute approximate surface area is 187 Å². The summed E-state index contributed by atoms with van der Waals surface area (Å²) in [7, 11) is 1.78. The number of rotatable bonds is 6. The molecule has 0 saturated carbocycles. The summed E-state index contributed by atoms with van der Waals surface area (Å²) in [5, 5.41) is 6.71. The molecule has 7 nitrogen and oxygen atoms in total. The number of ether oxygens (including phenoxy) is 2. The molecule has 29 heavy (non-hydrogen) atoms. The summed E-state index contributed by atoms with van der Waals surface area (Å²) in [5.74, 6) is 3.43. The molecule has 0 unspecified atom stereocenters. The molecule has 0 bridgehead atoms. The predicted molar refractivity (Wildman–Crippen MR) is 125 cm³/mol. The molecule has 2 aromatic carbocycles. The van der Waals surface area contributed by atoms with Crippen molar-refractivity contribution >= 4 is 41.0 Å². The van der Waals surface area contributed by atoms with Crippen LogP contribution in [0.15, 0.2) is 47.5 Å². The molecule has 4 rings (SSSR count). The number of benzene rings is 2. The van der Waals surface area contributed by atoms with Crippen molar-refractivity contribution in [1.29, 1.82) is 0 Å². The van der Waals surface area contributed by atoms with Gasteiger partial charge in [0.15, 0.2) is 17.5 Å². The van der Waals surface area contributed by atoms with Crippen LogP contribution in [0.1, 0.15) is 17.8 Å². The summed E-state index contributed by atoms with van der Waals surface area (Å²) in [5.41, 5.74) is 3.35. The number of para-hydroxylation sites is 2. The zero-order valence-corrected chi connectivity index (χ0v) is 19.0. The first-order valence-corrected chi connectivity index (χ1v) is 9.49. The Bertz CT molecular complexity index is 1000. The van der Waals surface area contributed by atoms with Crippen LogP contribution in [0.2, 0.25) is 0 Å². The minimum absolute atomic E-state index is 0. The van der Waals surface area contributed by atoms with E-state index in [0.29, 0.717) is 13.3 Å². The molecule has 1 aliphatic heterocycles. The van der Waals surface area contributed by atoms with E-state index in [9.17, 15) is 0 Å². The Kier molecular flexibility index (Phi) is 7.18. The first-order valence-electron chi connectivity index (χ1n) is 9.49. The number of halogens is 1. The summed E-state index contributed by atoms with van der Waals surface area (Å²) in [6, 6.07) is 14.2. The Morgan fingerprint density at radius 1 is 1.14 bits per heavy atom. The van der Waals surface area contributed by atoms with Crippen molar-refractivity contribution in [3.63, 3.8) is 0 Å². The standard InChI is InChI=1S/C21H25N5O2.HI/c1-15-25-17-6-3-4-7-18(17)26(15)11-5-10-23-21(22-2)24-13-16-8-9-19-20(12-16)28-14-27-19;/h3-4,6-9,12H,5,10-11,13-14H2,1-2H3,(H2,22,23,24);1H. The molecule has 1 aliphatic rings. The van der Waals surface area contributed by atoms with E-state index >= 15 is 0 Å². The third-order valence-corrected chi connectivity index (χ3v) is 4.82. The second-order valence-corrected chi connectivity index (χ2v) is 6.69. The monoisotopic (exact) mass is 507 g/mol.